The van der Waals surface area contributed by atoms with E-state index >= 15 is 0 Å². The number of aromatic carboxylic acids is 1. The van der Waals surface area contributed by atoms with Gasteiger partial charge in [-0.3, -0.25) is 0 Å². The molecular weight excluding hydrogens is 334 g/mol. The lowest BCUT2D eigenvalue weighted by Crippen LogP contribution is -2.26. The number of benzene rings is 1. The molecule has 112 valence electrons. The van der Waals surface area contributed by atoms with E-state index in [0.717, 1.165) is 23.0 Å². The summed E-state index contributed by atoms with van der Waals surface area (Å²) < 4.78 is 26.9. The Morgan fingerprint density at radius 1 is 1.38 bits per heavy atom. The van der Waals surface area contributed by atoms with Crippen molar-refractivity contribution >= 4 is 38.9 Å². The Hall–Kier alpha value is -1.41. The normalized spacial score (nSPS) is 13.0. The Kier molecular flexibility index (Phi) is 4.67. The Morgan fingerprint density at radius 3 is 2.67 bits per heavy atom. The molecule has 2 N–H and O–H groups in total. The minimum Gasteiger partial charge on any atom is -0.478 e. The maximum atomic E-state index is 12.2. The van der Waals surface area contributed by atoms with Gasteiger partial charge in [-0.2, -0.15) is 0 Å². The number of sulfonamides is 1. The minimum absolute atomic E-state index is 0.0335. The van der Waals surface area contributed by atoms with Crippen LogP contribution >= 0.6 is 22.9 Å². The lowest BCUT2D eigenvalue weighted by atomic mass is 10.1. The Labute approximate surface area is 131 Å². The maximum Gasteiger partial charge on any atom is 0.336 e. The lowest BCUT2D eigenvalue weighted by molar-refractivity contribution is 0.0697. The van der Waals surface area contributed by atoms with Crippen molar-refractivity contribution in [3.63, 3.8) is 0 Å². The fourth-order valence-corrected chi connectivity index (χ4v) is 4.31. The predicted octanol–water partition coefficient (Wildman–Crippen LogP) is 3.14. The minimum atomic E-state index is -3.77. The molecule has 1 atom stereocenters. The SMILES string of the molecule is C[C@@H](NS(=O)(=O)c1cc(C(=O)O)cs1)c1cccc(Cl)c1. The molecule has 0 spiro atoms. The highest BCUT2D eigenvalue weighted by molar-refractivity contribution is 7.91. The molecular formula is C13H12ClNO4S2. The van der Waals surface area contributed by atoms with E-state index in [1.165, 1.54) is 5.38 Å². The van der Waals surface area contributed by atoms with Gasteiger partial charge in [0.1, 0.15) is 4.21 Å². The van der Waals surface area contributed by atoms with Crippen LogP contribution in [0.25, 0.3) is 0 Å². The van der Waals surface area contributed by atoms with E-state index in [4.69, 9.17) is 16.7 Å². The molecule has 1 aromatic carbocycles. The number of carbonyl (C=O) groups is 1. The van der Waals surface area contributed by atoms with Crippen LogP contribution in [0.4, 0.5) is 0 Å². The van der Waals surface area contributed by atoms with Gasteiger partial charge in [-0.1, -0.05) is 23.7 Å². The number of nitrogens with one attached hydrogen (secondary N) is 1. The van der Waals surface area contributed by atoms with Crippen LogP contribution in [0.2, 0.25) is 5.02 Å². The van der Waals surface area contributed by atoms with Crippen LogP contribution in [0.1, 0.15) is 28.9 Å². The first kappa shape index (κ1) is 16.0. The summed E-state index contributed by atoms with van der Waals surface area (Å²) in [6, 6.07) is 7.52. The van der Waals surface area contributed by atoms with Crippen molar-refractivity contribution in [3.8, 4) is 0 Å². The summed E-state index contributed by atoms with van der Waals surface area (Å²) in [4.78, 5) is 10.8. The summed E-state index contributed by atoms with van der Waals surface area (Å²) in [5.41, 5.74) is 0.678. The van der Waals surface area contributed by atoms with Gasteiger partial charge in [0.15, 0.2) is 0 Å². The Balaban J connectivity index is 2.22. The monoisotopic (exact) mass is 345 g/mol. The Bertz CT molecular complexity index is 770. The van der Waals surface area contributed by atoms with Crippen LogP contribution in [0.15, 0.2) is 39.9 Å². The number of hydrogen-bond donors (Lipinski definition) is 2. The van der Waals surface area contributed by atoms with Gasteiger partial charge in [-0.25, -0.2) is 17.9 Å². The van der Waals surface area contributed by atoms with Crippen molar-refractivity contribution < 1.29 is 18.3 Å². The van der Waals surface area contributed by atoms with Crippen LogP contribution in [-0.4, -0.2) is 19.5 Å². The first-order valence-electron chi connectivity index (χ1n) is 5.89. The van der Waals surface area contributed by atoms with E-state index in [1.807, 2.05) is 0 Å². The fourth-order valence-electron chi connectivity index (χ4n) is 1.70. The van der Waals surface area contributed by atoms with Crippen LogP contribution in [-0.2, 0) is 10.0 Å². The molecule has 0 fully saturated rings. The van der Waals surface area contributed by atoms with Crippen molar-refractivity contribution in [1.82, 2.24) is 4.72 Å². The molecule has 21 heavy (non-hydrogen) atoms. The van der Waals surface area contributed by atoms with Crippen molar-refractivity contribution in [3.05, 3.63) is 51.9 Å². The summed E-state index contributed by atoms with van der Waals surface area (Å²) in [6.07, 6.45) is 0. The van der Waals surface area contributed by atoms with Crippen molar-refractivity contribution in [2.45, 2.75) is 17.2 Å². The predicted molar refractivity (Wildman–Crippen MR) is 81.5 cm³/mol. The molecule has 0 bridgehead atoms. The number of thiophene rings is 1. The highest BCUT2D eigenvalue weighted by Crippen LogP contribution is 2.24. The van der Waals surface area contributed by atoms with Crippen LogP contribution < -0.4 is 4.72 Å². The van der Waals surface area contributed by atoms with Gasteiger partial charge in [0, 0.05) is 16.4 Å². The van der Waals surface area contributed by atoms with Crippen LogP contribution in [0.5, 0.6) is 0 Å². The lowest BCUT2D eigenvalue weighted by Gasteiger charge is -2.14. The van der Waals surface area contributed by atoms with E-state index in [-0.39, 0.29) is 9.77 Å². The maximum absolute atomic E-state index is 12.2. The van der Waals surface area contributed by atoms with Crippen molar-refractivity contribution in [2.24, 2.45) is 0 Å². The highest BCUT2D eigenvalue weighted by Gasteiger charge is 2.21. The van der Waals surface area contributed by atoms with Crippen LogP contribution in [0, 0.1) is 0 Å². The largest absolute Gasteiger partial charge is 0.478 e. The van der Waals surface area contributed by atoms with Gasteiger partial charge < -0.3 is 5.11 Å². The molecule has 0 radical (unpaired) electrons. The number of carboxylic acids is 1. The highest BCUT2D eigenvalue weighted by atomic mass is 35.5. The standard InChI is InChI=1S/C13H12ClNO4S2/c1-8(9-3-2-4-11(14)5-9)15-21(18,19)12-6-10(7-20-12)13(16)17/h2-8,15H,1H3,(H,16,17)/t8-/m1/s1. The number of hydrogen-bond acceptors (Lipinski definition) is 4. The van der Waals surface area contributed by atoms with E-state index in [2.05, 4.69) is 4.72 Å². The summed E-state index contributed by atoms with van der Waals surface area (Å²) in [7, 11) is -3.77. The number of halogens is 1. The second kappa shape index (κ2) is 6.15. The average molecular weight is 346 g/mol. The first-order chi connectivity index (χ1) is 9.79. The van der Waals surface area contributed by atoms with Gasteiger partial charge in [0.25, 0.3) is 10.0 Å². The molecule has 5 nitrogen and oxygen atoms in total. The quantitative estimate of drug-likeness (QED) is 0.872. The third-order valence-electron chi connectivity index (χ3n) is 2.77. The molecule has 8 heteroatoms. The molecule has 0 amide bonds. The zero-order chi connectivity index (χ0) is 15.6. The van der Waals surface area contributed by atoms with E-state index < -0.39 is 22.0 Å². The molecule has 1 aromatic heterocycles. The molecule has 2 rings (SSSR count). The molecule has 2 aromatic rings. The zero-order valence-electron chi connectivity index (χ0n) is 10.9. The average Bonchev–Trinajstić information content (AvgIpc) is 2.88. The molecule has 0 aliphatic heterocycles. The summed E-state index contributed by atoms with van der Waals surface area (Å²) in [6.45, 7) is 1.69. The second-order valence-electron chi connectivity index (χ2n) is 4.36. The number of rotatable bonds is 5. The molecule has 0 aliphatic carbocycles. The molecule has 0 unspecified atom stereocenters. The number of carboxylic acid groups (broad SMARTS) is 1. The van der Waals surface area contributed by atoms with Gasteiger partial charge in [0.05, 0.1) is 5.56 Å². The topological polar surface area (TPSA) is 83.5 Å². The smallest absolute Gasteiger partial charge is 0.336 e. The molecule has 0 saturated heterocycles. The Morgan fingerprint density at radius 2 is 2.10 bits per heavy atom. The van der Waals surface area contributed by atoms with Gasteiger partial charge >= 0.3 is 5.97 Å². The zero-order valence-corrected chi connectivity index (χ0v) is 13.3. The fraction of sp³-hybridized carbons (Fsp3) is 0.154. The van der Waals surface area contributed by atoms with E-state index in [9.17, 15) is 13.2 Å². The van der Waals surface area contributed by atoms with E-state index in [1.54, 1.807) is 31.2 Å². The first-order valence-corrected chi connectivity index (χ1v) is 8.63. The summed E-state index contributed by atoms with van der Waals surface area (Å²) in [5.74, 6) is -1.16. The van der Waals surface area contributed by atoms with Gasteiger partial charge in [-0.05, 0) is 30.7 Å². The summed E-state index contributed by atoms with van der Waals surface area (Å²) >= 11 is 6.74. The third kappa shape index (κ3) is 3.82. The summed E-state index contributed by atoms with van der Waals surface area (Å²) in [5, 5.41) is 10.6. The van der Waals surface area contributed by atoms with Crippen molar-refractivity contribution in [2.75, 3.05) is 0 Å². The molecule has 0 aliphatic rings. The van der Waals surface area contributed by atoms with Crippen LogP contribution in [0.3, 0.4) is 0 Å². The van der Waals surface area contributed by atoms with Gasteiger partial charge in [-0.15, -0.1) is 11.3 Å². The van der Waals surface area contributed by atoms with Gasteiger partial charge in [0.2, 0.25) is 0 Å². The van der Waals surface area contributed by atoms with E-state index in [0.29, 0.717) is 5.02 Å². The second-order valence-corrected chi connectivity index (χ2v) is 7.65. The molecule has 1 heterocycles. The molecule has 0 saturated carbocycles. The van der Waals surface area contributed by atoms with Crippen molar-refractivity contribution in [1.29, 1.82) is 0 Å². The third-order valence-corrected chi connectivity index (χ3v) is 5.98.